The van der Waals surface area contributed by atoms with E-state index in [0.717, 1.165) is 17.1 Å². The summed E-state index contributed by atoms with van der Waals surface area (Å²) >= 11 is 0. The molecule has 0 aromatic rings. The summed E-state index contributed by atoms with van der Waals surface area (Å²) in [5, 5.41) is 5.41. The number of nitrogens with zero attached hydrogens (tertiary/aromatic N) is 1. The molecule has 32 heavy (non-hydrogen) atoms. The molecule has 2 aliphatic rings. The molecule has 0 aliphatic carbocycles. The van der Waals surface area contributed by atoms with Crippen LogP contribution in [-0.2, 0) is 33.5 Å². The van der Waals surface area contributed by atoms with E-state index in [-0.39, 0.29) is 37.7 Å². The highest BCUT2D eigenvalue weighted by Gasteiger charge is 2.42. The summed E-state index contributed by atoms with van der Waals surface area (Å²) in [7, 11) is 0. The van der Waals surface area contributed by atoms with Crippen LogP contribution >= 0.6 is 0 Å². The Bertz CT molecular complexity index is 857. The van der Waals surface area contributed by atoms with Crippen LogP contribution in [0, 0.1) is 5.41 Å². The van der Waals surface area contributed by atoms with Gasteiger partial charge in [0.15, 0.2) is 0 Å². The number of esters is 1. The van der Waals surface area contributed by atoms with Crippen LogP contribution in [0.4, 0.5) is 0 Å². The Hall–Kier alpha value is -3.04. The minimum Gasteiger partial charge on any atom is -0.464 e. The minimum absolute atomic E-state index is 0.0315. The van der Waals surface area contributed by atoms with Crippen LogP contribution in [0.5, 0.6) is 0 Å². The summed E-state index contributed by atoms with van der Waals surface area (Å²) in [4.78, 5) is 73.4. The van der Waals surface area contributed by atoms with Gasteiger partial charge in [-0.15, -0.1) is 0 Å². The quantitative estimate of drug-likeness (QED) is 0.279. The van der Waals surface area contributed by atoms with Gasteiger partial charge in [-0.3, -0.25) is 28.9 Å². The second kappa shape index (κ2) is 9.22. The van der Waals surface area contributed by atoms with Crippen LogP contribution in [0.3, 0.4) is 0 Å². The molecule has 1 saturated heterocycles. The Morgan fingerprint density at radius 3 is 2.19 bits per heavy atom. The Labute approximate surface area is 187 Å². The van der Waals surface area contributed by atoms with E-state index in [1.54, 1.807) is 34.6 Å². The molecule has 4 amide bonds. The number of ether oxygens (including phenoxy) is 1. The van der Waals surface area contributed by atoms with Crippen molar-refractivity contribution < 1.29 is 33.5 Å². The second-order valence-electron chi connectivity index (χ2n) is 9.77. The molecule has 176 valence electrons. The van der Waals surface area contributed by atoms with Crippen molar-refractivity contribution in [1.29, 1.82) is 0 Å². The van der Waals surface area contributed by atoms with Crippen LogP contribution in [0.25, 0.3) is 0 Å². The van der Waals surface area contributed by atoms with E-state index in [1.165, 1.54) is 0 Å². The topological polar surface area (TPSA) is 139 Å². The van der Waals surface area contributed by atoms with E-state index in [4.69, 9.17) is 4.74 Å². The molecule has 0 bridgehead atoms. The van der Waals surface area contributed by atoms with Crippen LogP contribution in [-0.4, -0.2) is 64.5 Å². The molecule has 2 aliphatic heterocycles. The van der Waals surface area contributed by atoms with E-state index in [9.17, 15) is 28.8 Å². The minimum atomic E-state index is -1.12. The largest absolute Gasteiger partial charge is 0.464 e. The third-order valence-electron chi connectivity index (χ3n) is 5.60. The lowest BCUT2D eigenvalue weighted by Crippen LogP contribution is -2.51. The molecule has 0 spiro atoms. The number of carbonyl (C=O) groups excluding carboxylic acids is 6. The first-order valence-corrected chi connectivity index (χ1v) is 10.5. The maximum absolute atomic E-state index is 12.8. The first-order chi connectivity index (χ1) is 14.7. The normalized spacial score (nSPS) is 21.0. The number of amides is 4. The average Bonchev–Trinajstić information content (AvgIpc) is 3.13. The van der Waals surface area contributed by atoms with Gasteiger partial charge in [-0.2, -0.15) is 0 Å². The maximum Gasteiger partial charge on any atom is 0.331 e. The van der Waals surface area contributed by atoms with Crippen molar-refractivity contribution in [3.8, 4) is 0 Å². The first-order valence-electron chi connectivity index (χ1n) is 10.5. The van der Waals surface area contributed by atoms with Gasteiger partial charge in [0.2, 0.25) is 11.8 Å². The van der Waals surface area contributed by atoms with Crippen molar-refractivity contribution in [2.75, 3.05) is 13.2 Å². The Kier molecular flexibility index (Phi) is 7.26. The average molecular weight is 450 g/mol. The highest BCUT2D eigenvalue weighted by Crippen LogP contribution is 2.30. The monoisotopic (exact) mass is 449 g/mol. The van der Waals surface area contributed by atoms with Gasteiger partial charge in [0.1, 0.15) is 11.3 Å². The summed E-state index contributed by atoms with van der Waals surface area (Å²) in [5.41, 5.74) is -2.84. The Balaban J connectivity index is 1.86. The lowest BCUT2D eigenvalue weighted by molar-refractivity contribution is -0.146. The predicted octanol–water partition coefficient (Wildman–Crippen LogP) is 0.394. The predicted molar refractivity (Wildman–Crippen MR) is 113 cm³/mol. The number of rotatable bonds is 10. The summed E-state index contributed by atoms with van der Waals surface area (Å²) < 4.78 is 4.89. The molecule has 1 fully saturated rings. The van der Waals surface area contributed by atoms with Crippen molar-refractivity contribution in [3.63, 3.8) is 0 Å². The van der Waals surface area contributed by atoms with Crippen molar-refractivity contribution in [2.45, 2.75) is 71.4 Å². The molecule has 2 rings (SSSR count). The van der Waals surface area contributed by atoms with Gasteiger partial charge >= 0.3 is 5.97 Å². The van der Waals surface area contributed by atoms with Crippen molar-refractivity contribution in [2.24, 2.45) is 5.41 Å². The first kappa shape index (κ1) is 25.2. The van der Waals surface area contributed by atoms with E-state index in [1.807, 2.05) is 0 Å². The molecule has 1 unspecified atom stereocenters. The third kappa shape index (κ3) is 6.24. The number of imide groups is 1. The van der Waals surface area contributed by atoms with Crippen molar-refractivity contribution in [3.05, 3.63) is 12.2 Å². The van der Waals surface area contributed by atoms with Crippen molar-refractivity contribution >= 4 is 35.4 Å². The smallest absolute Gasteiger partial charge is 0.331 e. The number of cyclic esters (lactones) is 1. The molecule has 0 saturated carbocycles. The van der Waals surface area contributed by atoms with Gasteiger partial charge in [0, 0.05) is 42.5 Å². The third-order valence-corrected chi connectivity index (χ3v) is 5.60. The molecule has 0 aromatic heterocycles. The number of carbonyl (C=O) groups is 6. The second-order valence-corrected chi connectivity index (χ2v) is 9.77. The highest BCUT2D eigenvalue weighted by molar-refractivity contribution is 6.13. The van der Waals surface area contributed by atoms with Gasteiger partial charge in [-0.25, -0.2) is 4.79 Å². The molecule has 2 N–H and O–H groups in total. The van der Waals surface area contributed by atoms with Gasteiger partial charge in [-0.05, 0) is 27.2 Å². The molecule has 10 nitrogen and oxygen atoms in total. The van der Waals surface area contributed by atoms with E-state index >= 15 is 0 Å². The van der Waals surface area contributed by atoms with Gasteiger partial charge < -0.3 is 15.4 Å². The summed E-state index contributed by atoms with van der Waals surface area (Å²) in [6.07, 6.45) is 2.45. The van der Waals surface area contributed by atoms with Crippen molar-refractivity contribution in [1.82, 2.24) is 15.5 Å². The van der Waals surface area contributed by atoms with E-state index in [0.29, 0.717) is 6.42 Å². The summed E-state index contributed by atoms with van der Waals surface area (Å²) in [5.74, 6) is -2.67. The SMILES string of the molecule is CC(C)(CC(C)(C)C(=O)CC(=O)NC1(C)CCOC1=O)NC(=O)CCN1C(=O)C=CC1=O. The molecular weight excluding hydrogens is 418 g/mol. The summed E-state index contributed by atoms with van der Waals surface area (Å²) in [6.45, 7) is 8.64. The number of nitrogens with one attached hydrogen (secondary N) is 2. The zero-order valence-corrected chi connectivity index (χ0v) is 19.2. The fraction of sp³-hybridized carbons (Fsp3) is 0.636. The number of Topliss-reactive ketones (excluding diaryl/α,β-unsaturated/α-hetero) is 1. The molecule has 2 heterocycles. The molecule has 1 atom stereocenters. The number of ketones is 1. The number of hydrogen-bond donors (Lipinski definition) is 2. The van der Waals surface area contributed by atoms with E-state index < -0.39 is 46.6 Å². The lowest BCUT2D eigenvalue weighted by Gasteiger charge is -2.35. The Morgan fingerprint density at radius 2 is 1.66 bits per heavy atom. The zero-order valence-electron chi connectivity index (χ0n) is 19.2. The summed E-state index contributed by atoms with van der Waals surface area (Å²) in [6, 6.07) is 0. The van der Waals surface area contributed by atoms with Crippen LogP contribution in [0.15, 0.2) is 12.2 Å². The maximum atomic E-state index is 12.8. The molecular formula is C22H31N3O7. The fourth-order valence-electron chi connectivity index (χ4n) is 4.01. The molecule has 10 heteroatoms. The zero-order chi connectivity index (χ0) is 24.3. The van der Waals surface area contributed by atoms with Crippen LogP contribution in [0.1, 0.15) is 60.3 Å². The molecule has 0 aromatic carbocycles. The number of hydrogen-bond acceptors (Lipinski definition) is 7. The van der Waals surface area contributed by atoms with Crippen LogP contribution < -0.4 is 10.6 Å². The van der Waals surface area contributed by atoms with Gasteiger partial charge in [0.25, 0.3) is 11.8 Å². The standard InChI is InChI=1S/C22H31N3O7/c1-20(2,14(26)12-16(28)24-22(5)9-11-32-19(22)31)13-21(3,4)23-15(27)8-10-25-17(29)6-7-18(25)30/h6-7H,8-13H2,1-5H3,(H,23,27)(H,24,28). The van der Waals surface area contributed by atoms with E-state index in [2.05, 4.69) is 10.6 Å². The highest BCUT2D eigenvalue weighted by atomic mass is 16.5. The fourth-order valence-corrected chi connectivity index (χ4v) is 4.01. The van der Waals surface area contributed by atoms with Crippen LogP contribution in [0.2, 0.25) is 0 Å². The Morgan fingerprint density at radius 1 is 1.06 bits per heavy atom. The van der Waals surface area contributed by atoms with Gasteiger partial charge in [0.05, 0.1) is 13.0 Å². The lowest BCUT2D eigenvalue weighted by atomic mass is 9.76. The van der Waals surface area contributed by atoms with Gasteiger partial charge in [-0.1, -0.05) is 13.8 Å². The molecule has 0 radical (unpaired) electrons.